The maximum Gasteiger partial charge on any atom is 0.485 e. The van der Waals surface area contributed by atoms with Gasteiger partial charge in [-0.25, -0.2) is 26.6 Å². The minimum atomic E-state index is -6.09. The topological polar surface area (TPSA) is 136 Å². The molecule has 0 aliphatic rings. The molecule has 0 aromatic heterocycles. The fourth-order valence-electron chi connectivity index (χ4n) is 9.43. The van der Waals surface area contributed by atoms with E-state index in [9.17, 15) is 26.3 Å². The largest absolute Gasteiger partial charge is 0.741 e. The number of hydrogen-bond donors (Lipinski definition) is 2. The molecule has 0 saturated heterocycles. The molecule has 0 amide bonds. The summed E-state index contributed by atoms with van der Waals surface area (Å²) in [4.78, 5) is 13.0. The van der Waals surface area contributed by atoms with Gasteiger partial charge in [-0.2, -0.15) is 26.3 Å². The van der Waals surface area contributed by atoms with Gasteiger partial charge in [-0.3, -0.25) is 0 Å². The Morgan fingerprint density at radius 3 is 0.524 bits per heavy atom. The van der Waals surface area contributed by atoms with Crippen LogP contribution in [0.3, 0.4) is 0 Å². The molecule has 2 N–H and O–H groups in total. The van der Waals surface area contributed by atoms with Crippen molar-refractivity contribution < 1.29 is 62.1 Å². The van der Waals surface area contributed by atoms with Gasteiger partial charge in [0.25, 0.3) is 0 Å². The number of rotatable bonds is 34. The number of benzene rings is 5. The van der Waals surface area contributed by atoms with Crippen LogP contribution in [0.5, 0.6) is 0 Å². The summed E-state index contributed by atoms with van der Waals surface area (Å²) in [5, 5.41) is 0. The lowest BCUT2D eigenvalue weighted by Crippen LogP contribution is -2.97. The third kappa shape index (κ3) is 24.2. The highest BCUT2D eigenvalue weighted by molar-refractivity contribution is 7.86. The van der Waals surface area contributed by atoms with Crippen molar-refractivity contribution in [2.24, 2.45) is 0 Å². The molecular weight excluding hydrogens is 1130 g/mol. The van der Waals surface area contributed by atoms with Crippen molar-refractivity contribution in [1.82, 2.24) is 0 Å². The maximum atomic E-state index is 10.7. The number of anilines is 4. The summed E-state index contributed by atoms with van der Waals surface area (Å²) in [5.41, 5.74) is 1.56. The Kier molecular flexibility index (Phi) is 32.3. The second-order valence-corrected chi connectivity index (χ2v) is 23.8. The molecule has 84 heavy (non-hydrogen) atoms. The minimum Gasteiger partial charge on any atom is -0.741 e. The normalized spacial score (nSPS) is 11.9. The summed E-state index contributed by atoms with van der Waals surface area (Å²) in [6.07, 6.45) is 19.4. The Morgan fingerprint density at radius 1 is 0.298 bits per heavy atom. The predicted octanol–water partition coefficient (Wildman–Crippen LogP) is 15.8. The van der Waals surface area contributed by atoms with Crippen LogP contribution >= 0.6 is 0 Å². The quantitative estimate of drug-likeness (QED) is 0.0233. The van der Waals surface area contributed by atoms with Crippen molar-refractivity contribution in [3.8, 4) is 0 Å². The Balaban J connectivity index is 0.00000101. The number of unbranched alkanes of at least 4 members (excludes halogenated alkanes) is 8. The van der Waals surface area contributed by atoms with E-state index >= 15 is 0 Å². The molecule has 470 valence electrons. The highest BCUT2D eigenvalue weighted by Gasteiger charge is 2.37. The van der Waals surface area contributed by atoms with Gasteiger partial charge < -0.3 is 28.7 Å². The van der Waals surface area contributed by atoms with Crippen LogP contribution in [0.1, 0.15) is 158 Å². The lowest BCUT2D eigenvalue weighted by Gasteiger charge is -2.27. The van der Waals surface area contributed by atoms with Gasteiger partial charge in [0, 0.05) is 148 Å². The molecule has 0 radical (unpaired) electrons. The van der Waals surface area contributed by atoms with Crippen LogP contribution in [-0.4, -0.2) is 89.3 Å². The molecule has 5 aromatic rings. The van der Waals surface area contributed by atoms with Crippen molar-refractivity contribution >= 4 is 77.1 Å². The molecule has 0 saturated carbocycles. The fourth-order valence-corrected chi connectivity index (χ4v) is 9.43. The molecule has 20 heteroatoms. The predicted molar refractivity (Wildman–Crippen MR) is 332 cm³/mol. The summed E-state index contributed by atoms with van der Waals surface area (Å²) in [5.74, 6) is 0. The van der Waals surface area contributed by atoms with Crippen LogP contribution in [0, 0.1) is 0 Å². The molecule has 0 atom stereocenters. The number of nitrogens with zero attached hydrogens (tertiary/aromatic N) is 4. The molecule has 0 aliphatic heterocycles. The first-order chi connectivity index (χ1) is 39.9. The molecule has 0 aliphatic carbocycles. The molecule has 5 aromatic carbocycles. The average Bonchev–Trinajstić information content (AvgIpc) is 3.07. The van der Waals surface area contributed by atoms with E-state index < -0.39 is 31.3 Å². The first kappa shape index (κ1) is 72.9. The molecule has 0 unspecified atom stereocenters. The maximum absolute atomic E-state index is 10.7. The second kappa shape index (κ2) is 37.2. The number of hydrogen-bond acceptors (Lipinski definition) is 10. The standard InChI is InChI=1S/C62H92N6.2CHF3O3S/c1-9-17-45-63(46-18-10-2)53-25-33-57(34-26-53)67(58-35-27-54(28-36-58)64(47-19-11-3)48-20-12-4)61-41-43-62(44-42-61)68(59-37-29-55(30-38-59)65(49-21-13-5)50-22-14-6)60-39-31-56(32-40-60)66(51-23-15-7)52-24-16-8;2*2-1(3,4)8(5,6)7/h25-44H,9-24,45-52H2,1-8H3;2*(H,5,6,7). The molecule has 0 heterocycles. The van der Waals surface area contributed by atoms with Crippen LogP contribution < -0.4 is 29.4 Å². The highest BCUT2D eigenvalue weighted by Crippen LogP contribution is 2.28. The monoisotopic (exact) mass is 1220 g/mol. The van der Waals surface area contributed by atoms with E-state index in [1.165, 1.54) is 169 Å². The summed E-state index contributed by atoms with van der Waals surface area (Å²) in [6.45, 7) is 27.3. The third-order valence-electron chi connectivity index (χ3n) is 14.4. The molecule has 5 rings (SSSR count). The van der Waals surface area contributed by atoms with Crippen molar-refractivity contribution in [1.29, 1.82) is 0 Å². The Bertz CT molecular complexity index is 2440. The van der Waals surface area contributed by atoms with Crippen molar-refractivity contribution in [3.63, 3.8) is 0 Å². The number of nitrogens with one attached hydrogen (secondary N) is 2. The summed E-state index contributed by atoms with van der Waals surface area (Å²) in [6, 6.07) is 47.5. The number of quaternary nitrogens is 2. The van der Waals surface area contributed by atoms with Gasteiger partial charge >= 0.3 is 11.0 Å². The molecule has 0 bridgehead atoms. The summed E-state index contributed by atoms with van der Waals surface area (Å²) in [7, 11) is -12.2. The van der Waals surface area contributed by atoms with Crippen molar-refractivity contribution in [2.45, 2.75) is 169 Å². The minimum absolute atomic E-state index is 1.11. The van der Waals surface area contributed by atoms with E-state index in [0.29, 0.717) is 0 Å². The molecular formula is C64H94F6N6O6S2. The molecule has 0 spiro atoms. The van der Waals surface area contributed by atoms with Gasteiger partial charge in [0.15, 0.2) is 20.2 Å². The number of alkyl halides is 6. The SMILES string of the molecule is CCCCN(CCCC)c1ccc([NH+](c2ccc(N(CCCC)CCCC)cc2)c2ccc([NH+](c3ccc(N(CCCC)CCCC)cc3)c3ccc(N(CCCC)CCCC)cc3)cc2)cc1.O=S(=O)([O-])C(F)(F)F.O=S(=O)([O-])C(F)(F)F. The lowest BCUT2D eigenvalue weighted by atomic mass is 10.1. The second-order valence-electron chi connectivity index (χ2n) is 21.1. The van der Waals surface area contributed by atoms with Gasteiger partial charge in [0.2, 0.25) is 0 Å². The van der Waals surface area contributed by atoms with E-state index in [4.69, 9.17) is 25.9 Å². The molecule has 12 nitrogen and oxygen atoms in total. The van der Waals surface area contributed by atoms with E-state index in [1.54, 1.807) is 0 Å². The third-order valence-corrected chi connectivity index (χ3v) is 15.5. The first-order valence-corrected chi connectivity index (χ1v) is 33.0. The average molecular weight is 1220 g/mol. The zero-order valence-electron chi connectivity index (χ0n) is 50.8. The van der Waals surface area contributed by atoms with Crippen LogP contribution in [0.15, 0.2) is 121 Å². The lowest BCUT2D eigenvalue weighted by molar-refractivity contribution is -0.684. The van der Waals surface area contributed by atoms with E-state index in [1.807, 2.05) is 0 Å². The van der Waals surface area contributed by atoms with E-state index in [0.717, 1.165) is 52.4 Å². The highest BCUT2D eigenvalue weighted by atomic mass is 32.2. The van der Waals surface area contributed by atoms with Gasteiger partial charge in [0.1, 0.15) is 34.1 Å². The van der Waals surface area contributed by atoms with E-state index in [2.05, 4.69) is 196 Å². The van der Waals surface area contributed by atoms with Crippen LogP contribution in [0.4, 0.5) is 83.2 Å². The van der Waals surface area contributed by atoms with Gasteiger partial charge in [-0.1, -0.05) is 107 Å². The summed E-state index contributed by atoms with van der Waals surface area (Å²) >= 11 is 0. The zero-order valence-corrected chi connectivity index (χ0v) is 52.5. The van der Waals surface area contributed by atoms with Gasteiger partial charge in [-0.05, 0) is 99.9 Å². The van der Waals surface area contributed by atoms with Gasteiger partial charge in [-0.15, -0.1) is 0 Å². The van der Waals surface area contributed by atoms with Crippen LogP contribution in [0.2, 0.25) is 0 Å². The molecule has 0 fully saturated rings. The van der Waals surface area contributed by atoms with Crippen LogP contribution in [-0.2, 0) is 20.2 Å². The Hall–Kier alpha value is -5.38. The van der Waals surface area contributed by atoms with Crippen molar-refractivity contribution in [3.05, 3.63) is 121 Å². The Labute approximate surface area is 499 Å². The number of halogens is 6. The van der Waals surface area contributed by atoms with Crippen molar-refractivity contribution in [2.75, 3.05) is 72.0 Å². The fraction of sp³-hybridized carbons (Fsp3) is 0.531. The van der Waals surface area contributed by atoms with Crippen LogP contribution in [0.25, 0.3) is 0 Å². The smallest absolute Gasteiger partial charge is 0.485 e. The van der Waals surface area contributed by atoms with Gasteiger partial charge in [0.05, 0.1) is 0 Å². The summed E-state index contributed by atoms with van der Waals surface area (Å²) < 4.78 is 118. The first-order valence-electron chi connectivity index (χ1n) is 30.2. The Morgan fingerprint density at radius 2 is 0.417 bits per heavy atom. The van der Waals surface area contributed by atoms with E-state index in [-0.39, 0.29) is 0 Å². The zero-order chi connectivity index (χ0) is 62.4.